The molecule has 1 aromatic heterocycles. The highest BCUT2D eigenvalue weighted by molar-refractivity contribution is 5.93. The van der Waals surface area contributed by atoms with E-state index in [1.54, 1.807) is 0 Å². The Kier molecular flexibility index (Phi) is 3.64. The lowest BCUT2D eigenvalue weighted by atomic mass is 10.3. The second-order valence-electron chi connectivity index (χ2n) is 3.14. The average molecular weight is 196 g/mol. The van der Waals surface area contributed by atoms with Gasteiger partial charge in [0.05, 0.1) is 23.6 Å². The van der Waals surface area contributed by atoms with Crippen LogP contribution in [0.3, 0.4) is 0 Å². The SMILES string of the molecule is CCNCC(=O)Nc1c(C)n[nH]c1C. The molecule has 0 aromatic carbocycles. The number of rotatable bonds is 4. The molecule has 0 atom stereocenters. The van der Waals surface area contributed by atoms with E-state index < -0.39 is 0 Å². The van der Waals surface area contributed by atoms with Gasteiger partial charge in [-0.05, 0) is 20.4 Å². The Bertz CT molecular complexity index is 299. The van der Waals surface area contributed by atoms with E-state index in [9.17, 15) is 4.79 Å². The molecule has 1 rings (SSSR count). The lowest BCUT2D eigenvalue weighted by Crippen LogP contribution is -2.28. The maximum Gasteiger partial charge on any atom is 0.238 e. The summed E-state index contributed by atoms with van der Waals surface area (Å²) in [6, 6.07) is 0. The Morgan fingerprint density at radius 2 is 2.21 bits per heavy atom. The monoisotopic (exact) mass is 196 g/mol. The predicted molar refractivity (Wildman–Crippen MR) is 55.2 cm³/mol. The Morgan fingerprint density at radius 3 is 2.71 bits per heavy atom. The summed E-state index contributed by atoms with van der Waals surface area (Å²) in [7, 11) is 0. The number of aromatic nitrogens is 2. The fourth-order valence-electron chi connectivity index (χ4n) is 1.16. The minimum atomic E-state index is -0.0422. The van der Waals surface area contributed by atoms with E-state index in [1.807, 2.05) is 20.8 Å². The third-order valence-electron chi connectivity index (χ3n) is 1.93. The molecule has 0 aliphatic carbocycles. The highest BCUT2D eigenvalue weighted by atomic mass is 16.1. The van der Waals surface area contributed by atoms with E-state index in [0.29, 0.717) is 6.54 Å². The van der Waals surface area contributed by atoms with Crippen LogP contribution in [0.5, 0.6) is 0 Å². The van der Waals surface area contributed by atoms with Gasteiger partial charge in [0, 0.05) is 0 Å². The molecule has 0 aliphatic heterocycles. The van der Waals surface area contributed by atoms with Gasteiger partial charge in [0.15, 0.2) is 0 Å². The van der Waals surface area contributed by atoms with Crippen LogP contribution in [0.2, 0.25) is 0 Å². The molecule has 1 amide bonds. The van der Waals surface area contributed by atoms with Crippen LogP contribution in [0.1, 0.15) is 18.3 Å². The zero-order chi connectivity index (χ0) is 10.6. The second kappa shape index (κ2) is 4.76. The molecule has 1 heterocycles. The maximum absolute atomic E-state index is 11.4. The Balaban J connectivity index is 2.55. The summed E-state index contributed by atoms with van der Waals surface area (Å²) < 4.78 is 0. The van der Waals surface area contributed by atoms with Gasteiger partial charge >= 0.3 is 0 Å². The summed E-state index contributed by atoms with van der Waals surface area (Å²) >= 11 is 0. The first-order valence-electron chi connectivity index (χ1n) is 4.67. The van der Waals surface area contributed by atoms with Gasteiger partial charge in [-0.15, -0.1) is 0 Å². The fraction of sp³-hybridized carbons (Fsp3) is 0.556. The minimum absolute atomic E-state index is 0.0422. The van der Waals surface area contributed by atoms with E-state index in [1.165, 1.54) is 0 Å². The molecule has 0 unspecified atom stereocenters. The number of aryl methyl sites for hydroxylation is 2. The van der Waals surface area contributed by atoms with Crippen LogP contribution in [-0.4, -0.2) is 29.2 Å². The summed E-state index contributed by atoms with van der Waals surface area (Å²) in [5.74, 6) is -0.0422. The summed E-state index contributed by atoms with van der Waals surface area (Å²) in [6.07, 6.45) is 0. The topological polar surface area (TPSA) is 69.8 Å². The molecule has 78 valence electrons. The molecule has 3 N–H and O–H groups in total. The largest absolute Gasteiger partial charge is 0.322 e. The van der Waals surface area contributed by atoms with E-state index in [-0.39, 0.29) is 5.91 Å². The number of hydrogen-bond acceptors (Lipinski definition) is 3. The van der Waals surface area contributed by atoms with E-state index in [2.05, 4.69) is 20.8 Å². The van der Waals surface area contributed by atoms with Crippen LogP contribution in [0.25, 0.3) is 0 Å². The van der Waals surface area contributed by atoms with Gasteiger partial charge in [-0.1, -0.05) is 6.92 Å². The van der Waals surface area contributed by atoms with E-state index in [0.717, 1.165) is 23.6 Å². The predicted octanol–water partition coefficient (Wildman–Crippen LogP) is 0.575. The van der Waals surface area contributed by atoms with Crippen LogP contribution in [0.4, 0.5) is 5.69 Å². The highest BCUT2D eigenvalue weighted by Gasteiger charge is 2.08. The zero-order valence-corrected chi connectivity index (χ0v) is 8.77. The van der Waals surface area contributed by atoms with Gasteiger partial charge in [0.2, 0.25) is 5.91 Å². The lowest BCUT2D eigenvalue weighted by molar-refractivity contribution is -0.115. The van der Waals surface area contributed by atoms with Crippen LogP contribution < -0.4 is 10.6 Å². The summed E-state index contributed by atoms with van der Waals surface area (Å²) in [5, 5.41) is 12.6. The van der Waals surface area contributed by atoms with Crippen molar-refractivity contribution < 1.29 is 4.79 Å². The van der Waals surface area contributed by atoms with Gasteiger partial charge < -0.3 is 10.6 Å². The third kappa shape index (κ3) is 2.56. The normalized spacial score (nSPS) is 10.2. The van der Waals surface area contributed by atoms with E-state index in [4.69, 9.17) is 0 Å². The molecule has 14 heavy (non-hydrogen) atoms. The molecule has 0 aliphatic rings. The number of amides is 1. The summed E-state index contributed by atoms with van der Waals surface area (Å²) in [6.45, 7) is 6.81. The standard InChI is InChI=1S/C9H16N4O/c1-4-10-5-8(14)11-9-6(2)12-13-7(9)3/h10H,4-5H2,1-3H3,(H,11,14)(H,12,13). The first-order chi connectivity index (χ1) is 6.65. The van der Waals surface area contributed by atoms with Crippen molar-refractivity contribution in [2.45, 2.75) is 20.8 Å². The van der Waals surface area contributed by atoms with Crippen LogP contribution >= 0.6 is 0 Å². The molecule has 5 heteroatoms. The number of nitrogens with zero attached hydrogens (tertiary/aromatic N) is 1. The molecular weight excluding hydrogens is 180 g/mol. The molecule has 0 fully saturated rings. The number of likely N-dealkylation sites (N-methyl/N-ethyl adjacent to an activating group) is 1. The van der Waals surface area contributed by atoms with Gasteiger partial charge in [-0.3, -0.25) is 9.89 Å². The number of aromatic amines is 1. The van der Waals surface area contributed by atoms with Crippen molar-refractivity contribution >= 4 is 11.6 Å². The number of anilines is 1. The number of carbonyl (C=O) groups is 1. The Labute approximate surface area is 83.3 Å². The number of H-pyrrole nitrogens is 1. The third-order valence-corrected chi connectivity index (χ3v) is 1.93. The van der Waals surface area contributed by atoms with Crippen molar-refractivity contribution in [3.63, 3.8) is 0 Å². The maximum atomic E-state index is 11.4. The number of nitrogens with one attached hydrogen (secondary N) is 3. The minimum Gasteiger partial charge on any atom is -0.322 e. The number of carbonyl (C=O) groups excluding carboxylic acids is 1. The molecule has 0 saturated carbocycles. The Morgan fingerprint density at radius 1 is 1.50 bits per heavy atom. The Hall–Kier alpha value is -1.36. The highest BCUT2D eigenvalue weighted by Crippen LogP contribution is 2.15. The first-order valence-corrected chi connectivity index (χ1v) is 4.67. The van der Waals surface area contributed by atoms with Crippen LogP contribution in [0, 0.1) is 13.8 Å². The molecule has 0 radical (unpaired) electrons. The molecule has 0 saturated heterocycles. The molecule has 0 spiro atoms. The van der Waals surface area contributed by atoms with Crippen LogP contribution in [0.15, 0.2) is 0 Å². The first kappa shape index (κ1) is 10.7. The molecule has 5 nitrogen and oxygen atoms in total. The van der Waals surface area contributed by atoms with Gasteiger partial charge in [0.1, 0.15) is 0 Å². The molecular formula is C9H16N4O. The average Bonchev–Trinajstić information content (AvgIpc) is 2.46. The molecule has 1 aromatic rings. The van der Waals surface area contributed by atoms with Crippen LogP contribution in [-0.2, 0) is 4.79 Å². The van der Waals surface area contributed by atoms with Crippen molar-refractivity contribution in [2.75, 3.05) is 18.4 Å². The van der Waals surface area contributed by atoms with Crippen molar-refractivity contribution in [3.05, 3.63) is 11.4 Å². The van der Waals surface area contributed by atoms with Crippen molar-refractivity contribution in [3.8, 4) is 0 Å². The van der Waals surface area contributed by atoms with Crippen molar-refractivity contribution in [2.24, 2.45) is 0 Å². The van der Waals surface area contributed by atoms with Gasteiger partial charge in [0.25, 0.3) is 0 Å². The van der Waals surface area contributed by atoms with Crippen molar-refractivity contribution in [1.29, 1.82) is 0 Å². The van der Waals surface area contributed by atoms with Gasteiger partial charge in [-0.25, -0.2) is 0 Å². The quantitative estimate of drug-likeness (QED) is 0.659. The lowest BCUT2D eigenvalue weighted by Gasteiger charge is -2.04. The smallest absolute Gasteiger partial charge is 0.238 e. The second-order valence-corrected chi connectivity index (χ2v) is 3.14. The summed E-state index contributed by atoms with van der Waals surface area (Å²) in [5.41, 5.74) is 2.48. The summed E-state index contributed by atoms with van der Waals surface area (Å²) in [4.78, 5) is 11.4. The van der Waals surface area contributed by atoms with E-state index >= 15 is 0 Å². The van der Waals surface area contributed by atoms with Crippen molar-refractivity contribution in [1.82, 2.24) is 15.5 Å². The van der Waals surface area contributed by atoms with Gasteiger partial charge in [-0.2, -0.15) is 5.10 Å². The fourth-order valence-corrected chi connectivity index (χ4v) is 1.16. The zero-order valence-electron chi connectivity index (χ0n) is 8.77. The molecule has 0 bridgehead atoms. The number of hydrogen-bond donors (Lipinski definition) is 3.